The zero-order valence-electron chi connectivity index (χ0n) is 62.7. The molecule has 0 bridgehead atoms. The lowest BCUT2D eigenvalue weighted by atomic mass is 9.61. The van der Waals surface area contributed by atoms with Crippen molar-refractivity contribution in [3.63, 3.8) is 0 Å². The van der Waals surface area contributed by atoms with Crippen LogP contribution in [0, 0.1) is 47.3 Å². The number of aromatic nitrogens is 2. The van der Waals surface area contributed by atoms with Gasteiger partial charge in [-0.3, -0.25) is 57.3 Å². The molecule has 4 heterocycles. The third kappa shape index (κ3) is 25.3. The Hall–Kier alpha value is -4.74. The van der Waals surface area contributed by atoms with Crippen LogP contribution in [0.25, 0.3) is 21.5 Å². The van der Waals surface area contributed by atoms with Gasteiger partial charge < -0.3 is 0 Å². The Labute approximate surface area is 593 Å². The van der Waals surface area contributed by atoms with E-state index in [9.17, 15) is 38.4 Å². The summed E-state index contributed by atoms with van der Waals surface area (Å²) in [5.74, 6) is 6.03. The highest BCUT2D eigenvalue weighted by atomic mass is 16.2. The van der Waals surface area contributed by atoms with Gasteiger partial charge in [0.05, 0.1) is 21.5 Å². The summed E-state index contributed by atoms with van der Waals surface area (Å²) >= 11 is 0. The molecule has 2 aromatic heterocycles. The molecule has 8 unspecified atom stereocenters. The summed E-state index contributed by atoms with van der Waals surface area (Å²) in [5.41, 5.74) is -1.39. The van der Waals surface area contributed by atoms with Crippen LogP contribution in [0.15, 0.2) is 55.6 Å². The maximum Gasteiger partial charge on any atom is 0.261 e. The number of nitrogens with zero attached hydrogens (tertiary/aromatic N) is 4. The van der Waals surface area contributed by atoms with Crippen LogP contribution in [0.1, 0.15) is 362 Å². The minimum Gasteiger partial charge on any atom is -0.275 e. The predicted molar refractivity (Wildman–Crippen MR) is 407 cm³/mol. The van der Waals surface area contributed by atoms with E-state index in [2.05, 4.69) is 27.7 Å². The highest BCUT2D eigenvalue weighted by molar-refractivity contribution is 6.13. The van der Waals surface area contributed by atoms with Crippen molar-refractivity contribution in [2.24, 2.45) is 47.3 Å². The van der Waals surface area contributed by atoms with Gasteiger partial charge in [0.25, 0.3) is 45.9 Å². The molecule has 1 aromatic carbocycles. The maximum absolute atomic E-state index is 13.8. The third-order valence-corrected chi connectivity index (χ3v) is 24.6. The second-order valence-electron chi connectivity index (χ2n) is 31.7. The minimum absolute atomic E-state index is 0.170. The van der Waals surface area contributed by atoms with Gasteiger partial charge in [0.15, 0.2) is 0 Å². The van der Waals surface area contributed by atoms with Gasteiger partial charge in [0.2, 0.25) is 0 Å². The number of unbranched alkanes of at least 4 members (excludes halogenated alkanes) is 32. The van der Waals surface area contributed by atoms with Crippen molar-refractivity contribution in [1.82, 2.24) is 18.9 Å². The van der Waals surface area contributed by atoms with E-state index in [1.54, 1.807) is 0 Å². The average Bonchev–Trinajstić information content (AvgIpc) is 1.59. The molecule has 2 saturated carbocycles. The summed E-state index contributed by atoms with van der Waals surface area (Å²) in [6.07, 6.45) is 70.2. The largest absolute Gasteiger partial charge is 0.275 e. The fourth-order valence-corrected chi connectivity index (χ4v) is 18.9. The van der Waals surface area contributed by atoms with Crippen LogP contribution in [0.3, 0.4) is 0 Å². The second-order valence-corrected chi connectivity index (χ2v) is 31.7. The standard InChI is InChI=1S/C86H138N4O8/c1-5-9-13-33-45-67-54-56-70(73(71(67)49-37-15-11-7-3)51-39-27-19-23-30-42-62-88-81(93)59-60-82(88)94)48-36-26-18-22-31-43-63-89-83(95)75-65-77-78(66-76(75)84(89)96)86(98)90(85(77)97)64-44-32-24-20-28-40-52-74-69(47-35-25-17-21-29-41-61-87-79(91)57-58-80(87)92)55-53-68(46-34-14-10-6-2)72(74)50-38-16-12-8-4/h57-60,65-74H,5-56,61-64H2,1-4H3. The fraction of sp³-hybridized carbons (Fsp3) is 0.791. The number of hydrogen-bond acceptors (Lipinski definition) is 8. The van der Waals surface area contributed by atoms with E-state index < -0.39 is 0 Å². The van der Waals surface area contributed by atoms with Crippen molar-refractivity contribution in [3.05, 3.63) is 77.9 Å². The summed E-state index contributed by atoms with van der Waals surface area (Å²) in [6.45, 7) is 11.1. The lowest BCUT2D eigenvalue weighted by Crippen LogP contribution is -2.35. The molecule has 0 spiro atoms. The Kier molecular flexibility index (Phi) is 37.8. The number of fused-ring (bicyclic) bond motifs is 2. The third-order valence-electron chi connectivity index (χ3n) is 24.6. The van der Waals surface area contributed by atoms with E-state index in [1.807, 2.05) is 0 Å². The average molecular weight is 1360 g/mol. The molecule has 3 aromatic rings. The van der Waals surface area contributed by atoms with Gasteiger partial charge in [-0.25, -0.2) is 0 Å². The summed E-state index contributed by atoms with van der Waals surface area (Å²) in [5, 5.41) is 1.02. The number of carbonyl (C=O) groups excluding carboxylic acids is 4. The lowest BCUT2D eigenvalue weighted by molar-refractivity contribution is -0.138. The molecule has 2 fully saturated rings. The number of carbonyl (C=O) groups is 4. The maximum atomic E-state index is 13.8. The second kappa shape index (κ2) is 46.0. The first-order valence-electron chi connectivity index (χ1n) is 41.9. The minimum atomic E-state index is -0.348. The molecular weight excluding hydrogens is 1220 g/mol. The van der Waals surface area contributed by atoms with Gasteiger partial charge in [0.1, 0.15) is 0 Å². The first kappa shape index (κ1) is 80.6. The van der Waals surface area contributed by atoms with Crippen LogP contribution in [0.5, 0.6) is 0 Å². The number of imide groups is 2. The number of benzene rings is 1. The smallest absolute Gasteiger partial charge is 0.261 e. The molecule has 0 saturated heterocycles. The van der Waals surface area contributed by atoms with Gasteiger partial charge in [-0.15, -0.1) is 0 Å². The van der Waals surface area contributed by atoms with Crippen LogP contribution in [-0.4, -0.2) is 55.7 Å². The van der Waals surface area contributed by atoms with Crippen LogP contribution in [0.4, 0.5) is 0 Å². The van der Waals surface area contributed by atoms with Crippen molar-refractivity contribution in [1.29, 1.82) is 0 Å². The highest BCUT2D eigenvalue weighted by Crippen LogP contribution is 2.49. The molecule has 2 aliphatic heterocycles. The SMILES string of the molecule is CCCCCCC1CCC(CCCCCCCCn2c(=O)c3cc4c(=O)n(CCCCCCCCC5C(CCCCCCCCN6C(=O)C=CC6=O)CCC(CCCCCC)C5CCCCCC)c(=O)c4cc3c2=O)C(CCCCCCCCN2C(=O)C=CC2=O)C1CCCCCC. The molecule has 8 atom stereocenters. The van der Waals surface area contributed by atoms with E-state index in [0.717, 1.165) is 137 Å². The van der Waals surface area contributed by atoms with Gasteiger partial charge >= 0.3 is 0 Å². The normalized spacial score (nSPS) is 21.3. The van der Waals surface area contributed by atoms with E-state index in [0.29, 0.717) is 26.2 Å². The molecule has 2 aliphatic carbocycles. The molecule has 0 radical (unpaired) electrons. The summed E-state index contributed by atoms with van der Waals surface area (Å²) in [6, 6.07) is 3.07. The first-order valence-corrected chi connectivity index (χ1v) is 41.9. The van der Waals surface area contributed by atoms with Gasteiger partial charge in [-0.05, 0) is 137 Å². The zero-order chi connectivity index (χ0) is 69.7. The van der Waals surface area contributed by atoms with Gasteiger partial charge in [-0.1, -0.05) is 285 Å². The topological polar surface area (TPSA) is 153 Å². The Morgan fingerprint density at radius 1 is 0.245 bits per heavy atom. The first-order chi connectivity index (χ1) is 47.9. The van der Waals surface area contributed by atoms with Crippen LogP contribution < -0.4 is 22.2 Å². The van der Waals surface area contributed by atoms with Crippen molar-refractivity contribution < 1.29 is 19.2 Å². The highest BCUT2D eigenvalue weighted by Gasteiger charge is 2.40. The van der Waals surface area contributed by atoms with Crippen LogP contribution >= 0.6 is 0 Å². The van der Waals surface area contributed by atoms with Crippen LogP contribution in [0.2, 0.25) is 0 Å². The Morgan fingerprint density at radius 3 is 0.673 bits per heavy atom. The molecule has 4 amide bonds. The fourth-order valence-electron chi connectivity index (χ4n) is 18.9. The molecule has 98 heavy (non-hydrogen) atoms. The summed E-state index contributed by atoms with van der Waals surface area (Å²) in [7, 11) is 0. The Balaban J connectivity index is 0.832. The van der Waals surface area contributed by atoms with E-state index in [4.69, 9.17) is 0 Å². The quantitative estimate of drug-likeness (QED) is 0.0400. The number of amides is 4. The predicted octanol–water partition coefficient (Wildman–Crippen LogP) is 21.1. The molecule has 550 valence electrons. The molecule has 4 aliphatic rings. The number of rotatable bonds is 56. The van der Waals surface area contributed by atoms with E-state index >= 15 is 0 Å². The van der Waals surface area contributed by atoms with Gasteiger partial charge in [-0.2, -0.15) is 0 Å². The molecule has 0 N–H and O–H groups in total. The molecule has 12 heteroatoms. The monoisotopic (exact) mass is 1360 g/mol. The van der Waals surface area contributed by atoms with E-state index in [-0.39, 0.29) is 67.4 Å². The van der Waals surface area contributed by atoms with Crippen molar-refractivity contribution >= 4 is 45.2 Å². The lowest BCUT2D eigenvalue weighted by Gasteiger charge is -2.44. The summed E-state index contributed by atoms with van der Waals surface area (Å²) in [4.78, 5) is 106. The zero-order valence-corrected chi connectivity index (χ0v) is 62.7. The Morgan fingerprint density at radius 2 is 0.439 bits per heavy atom. The van der Waals surface area contributed by atoms with Crippen LogP contribution in [-0.2, 0) is 32.3 Å². The number of hydrogen-bond donors (Lipinski definition) is 0. The summed E-state index contributed by atoms with van der Waals surface area (Å²) < 4.78 is 2.69. The Bertz CT molecular complexity index is 2970. The van der Waals surface area contributed by atoms with Crippen molar-refractivity contribution in [2.75, 3.05) is 13.1 Å². The van der Waals surface area contributed by atoms with Crippen molar-refractivity contribution in [2.45, 2.75) is 375 Å². The van der Waals surface area contributed by atoms with Gasteiger partial charge in [0, 0.05) is 50.5 Å². The molecule has 7 rings (SSSR count). The van der Waals surface area contributed by atoms with E-state index in [1.165, 1.54) is 299 Å². The molecule has 12 nitrogen and oxygen atoms in total. The molecular formula is C86H138N4O8. The van der Waals surface area contributed by atoms with Crippen molar-refractivity contribution in [3.8, 4) is 0 Å².